The summed E-state index contributed by atoms with van der Waals surface area (Å²) in [4.78, 5) is 30.4. The molecule has 120 valence electrons. The van der Waals surface area contributed by atoms with E-state index in [-0.39, 0.29) is 0 Å². The minimum Gasteiger partial charge on any atom is -0.393 e. The maximum atomic E-state index is 12.1. The van der Waals surface area contributed by atoms with Crippen LogP contribution in [0.5, 0.6) is 0 Å². The van der Waals surface area contributed by atoms with Crippen molar-refractivity contribution in [1.29, 1.82) is 0 Å². The molecule has 2 aromatic rings. The van der Waals surface area contributed by atoms with E-state index in [2.05, 4.69) is 9.97 Å². The monoisotopic (exact) mass is 344 g/mol. The van der Waals surface area contributed by atoms with Crippen LogP contribution in [0.2, 0.25) is 0 Å². The van der Waals surface area contributed by atoms with Gasteiger partial charge in [0.1, 0.15) is 0 Å². The third-order valence-electron chi connectivity index (χ3n) is 2.98. The van der Waals surface area contributed by atoms with Crippen LogP contribution in [-0.4, -0.2) is 36.1 Å². The zero-order valence-corrected chi connectivity index (χ0v) is 14.0. The van der Waals surface area contributed by atoms with Crippen molar-refractivity contribution < 1.29 is 5.11 Å². The van der Waals surface area contributed by atoms with Gasteiger partial charge in [-0.05, 0) is 13.8 Å². The van der Waals surface area contributed by atoms with Crippen molar-refractivity contribution in [2.75, 3.05) is 5.75 Å². The van der Waals surface area contributed by atoms with Gasteiger partial charge in [0.25, 0.3) is 5.56 Å². The lowest BCUT2D eigenvalue weighted by Crippen LogP contribution is -2.29. The number of aliphatic hydroxyl groups is 1. The smallest absolute Gasteiger partial charge is 0.329 e. The topological polar surface area (TPSA) is 92.9 Å². The number of rotatable bonds is 5. The lowest BCUT2D eigenvalue weighted by atomic mass is 10.4. The average Bonchev–Trinajstić information content (AvgIpc) is 2.79. The van der Waals surface area contributed by atoms with Gasteiger partial charge in [-0.3, -0.25) is 14.3 Å². The van der Waals surface area contributed by atoms with E-state index in [1.54, 1.807) is 31.5 Å². The molecule has 22 heavy (non-hydrogen) atoms. The normalized spacial score (nSPS) is 13.8. The average molecular weight is 345 g/mol. The molecule has 0 aliphatic rings. The number of halogens is 1. The molecule has 2 heterocycles. The van der Waals surface area contributed by atoms with E-state index in [4.69, 9.17) is 11.6 Å². The first kappa shape index (κ1) is 16.9. The minimum absolute atomic E-state index is 0.308. The van der Waals surface area contributed by atoms with E-state index in [9.17, 15) is 14.7 Å². The first-order valence-corrected chi connectivity index (χ1v) is 8.00. The second-order valence-electron chi connectivity index (χ2n) is 4.95. The zero-order valence-electron chi connectivity index (χ0n) is 12.5. The number of aliphatic hydroxyl groups excluding tert-OH is 1. The predicted molar refractivity (Wildman–Crippen MR) is 87.6 cm³/mol. The number of thioether (sulfide) groups is 1. The Labute approximate surface area is 135 Å². The van der Waals surface area contributed by atoms with E-state index in [0.29, 0.717) is 33.7 Å². The van der Waals surface area contributed by atoms with Gasteiger partial charge in [-0.25, -0.2) is 9.78 Å². The fourth-order valence-electron chi connectivity index (χ4n) is 1.91. The van der Waals surface area contributed by atoms with Gasteiger partial charge < -0.3 is 9.67 Å². The Morgan fingerprint density at radius 3 is 2.82 bits per heavy atom. The molecule has 2 N–H and O–H groups in total. The van der Waals surface area contributed by atoms with Crippen LogP contribution >= 0.6 is 23.4 Å². The second-order valence-corrected chi connectivity index (χ2v) is 6.53. The number of hydrogen-bond acceptors (Lipinski definition) is 5. The first-order chi connectivity index (χ1) is 10.3. The fourth-order valence-corrected chi connectivity index (χ4v) is 2.84. The third-order valence-corrected chi connectivity index (χ3v) is 4.35. The molecular weight excluding hydrogens is 328 g/mol. The van der Waals surface area contributed by atoms with Crippen molar-refractivity contribution in [2.45, 2.75) is 31.7 Å². The molecule has 2 rings (SSSR count). The number of aromatic nitrogens is 4. The van der Waals surface area contributed by atoms with Gasteiger partial charge in [-0.1, -0.05) is 29.4 Å². The number of aromatic amines is 1. The van der Waals surface area contributed by atoms with E-state index in [1.165, 1.54) is 16.3 Å². The van der Waals surface area contributed by atoms with Crippen molar-refractivity contribution in [3.63, 3.8) is 0 Å². The number of aryl methyl sites for hydroxylation is 1. The number of allylic oxidation sites excluding steroid dienone is 2. The maximum Gasteiger partial charge on any atom is 0.329 e. The molecule has 1 atom stereocenters. The van der Waals surface area contributed by atoms with Crippen LogP contribution in [0, 0.1) is 0 Å². The molecule has 0 saturated heterocycles. The van der Waals surface area contributed by atoms with Crippen LogP contribution in [0.15, 0.2) is 25.9 Å². The molecule has 0 aliphatic carbocycles. The highest BCUT2D eigenvalue weighted by Crippen LogP contribution is 2.22. The molecule has 0 fully saturated rings. The van der Waals surface area contributed by atoms with Crippen LogP contribution in [-0.2, 0) is 13.6 Å². The standard InChI is InChI=1S/C13H17ClN4O3S/c1-7(14)4-5-18-9-10(15-13(18)22-6-8(2)19)17(3)12(21)16-11(9)20/h4,8,19H,5-6H2,1-3H3,(H,16,20,21)/b7-4+/t8-/m1/s1. The number of nitrogens with zero attached hydrogens (tertiary/aromatic N) is 3. The lowest BCUT2D eigenvalue weighted by Gasteiger charge is -2.07. The maximum absolute atomic E-state index is 12.1. The van der Waals surface area contributed by atoms with Crippen molar-refractivity contribution in [3.8, 4) is 0 Å². The van der Waals surface area contributed by atoms with Crippen LogP contribution < -0.4 is 11.2 Å². The summed E-state index contributed by atoms with van der Waals surface area (Å²) in [6.45, 7) is 3.77. The number of fused-ring (bicyclic) bond motifs is 1. The summed E-state index contributed by atoms with van der Waals surface area (Å²) in [6, 6.07) is 0. The first-order valence-electron chi connectivity index (χ1n) is 6.64. The minimum atomic E-state index is -0.515. The number of H-pyrrole nitrogens is 1. The van der Waals surface area contributed by atoms with E-state index < -0.39 is 17.4 Å². The summed E-state index contributed by atoms with van der Waals surface area (Å²) < 4.78 is 2.98. The summed E-state index contributed by atoms with van der Waals surface area (Å²) in [6.07, 6.45) is 1.24. The van der Waals surface area contributed by atoms with Gasteiger partial charge in [0, 0.05) is 24.4 Å². The Kier molecular flexibility index (Phi) is 5.15. The molecule has 0 unspecified atom stereocenters. The quantitative estimate of drug-likeness (QED) is 0.790. The molecule has 0 aromatic carbocycles. The summed E-state index contributed by atoms with van der Waals surface area (Å²) in [5, 5.41) is 10.6. The van der Waals surface area contributed by atoms with Gasteiger partial charge in [-0.2, -0.15) is 0 Å². The molecule has 0 amide bonds. The summed E-state index contributed by atoms with van der Waals surface area (Å²) >= 11 is 7.18. The van der Waals surface area contributed by atoms with Crippen LogP contribution in [0.1, 0.15) is 13.8 Å². The second kappa shape index (κ2) is 6.72. The molecular formula is C13H17ClN4O3S. The van der Waals surface area contributed by atoms with Crippen LogP contribution in [0.4, 0.5) is 0 Å². The number of hydrogen-bond donors (Lipinski definition) is 2. The Balaban J connectivity index is 2.66. The Morgan fingerprint density at radius 2 is 2.23 bits per heavy atom. The molecule has 0 saturated carbocycles. The molecule has 2 aromatic heterocycles. The van der Waals surface area contributed by atoms with Gasteiger partial charge >= 0.3 is 5.69 Å². The lowest BCUT2D eigenvalue weighted by molar-refractivity contribution is 0.220. The zero-order chi connectivity index (χ0) is 16.4. The van der Waals surface area contributed by atoms with Gasteiger partial charge in [-0.15, -0.1) is 0 Å². The SMILES string of the molecule is C/C(Cl)=C\Cn1c(SC[C@@H](C)O)nc2c1c(=O)[nH]c(=O)n2C. The van der Waals surface area contributed by atoms with Crippen molar-refractivity contribution in [2.24, 2.45) is 7.05 Å². The van der Waals surface area contributed by atoms with Crippen molar-refractivity contribution in [1.82, 2.24) is 19.1 Å². The van der Waals surface area contributed by atoms with Gasteiger partial charge in [0.2, 0.25) is 0 Å². The fraction of sp³-hybridized carbons (Fsp3) is 0.462. The molecule has 0 bridgehead atoms. The Bertz CT molecular complexity index is 830. The highest BCUT2D eigenvalue weighted by molar-refractivity contribution is 7.99. The molecule has 7 nitrogen and oxygen atoms in total. The molecule has 0 aliphatic heterocycles. The van der Waals surface area contributed by atoms with Crippen molar-refractivity contribution >= 4 is 34.5 Å². The van der Waals surface area contributed by atoms with Crippen molar-refractivity contribution in [3.05, 3.63) is 31.9 Å². The summed E-state index contributed by atoms with van der Waals surface area (Å²) in [7, 11) is 1.55. The number of imidazole rings is 1. The van der Waals surface area contributed by atoms with Crippen LogP contribution in [0.3, 0.4) is 0 Å². The summed E-state index contributed by atoms with van der Waals surface area (Å²) in [5.41, 5.74) is -0.389. The Morgan fingerprint density at radius 1 is 1.55 bits per heavy atom. The van der Waals surface area contributed by atoms with Gasteiger partial charge in [0.15, 0.2) is 16.3 Å². The highest BCUT2D eigenvalue weighted by atomic mass is 35.5. The van der Waals surface area contributed by atoms with E-state index in [0.717, 1.165) is 0 Å². The van der Waals surface area contributed by atoms with E-state index >= 15 is 0 Å². The Hall–Kier alpha value is -1.51. The third kappa shape index (κ3) is 3.45. The molecule has 9 heteroatoms. The largest absolute Gasteiger partial charge is 0.393 e. The highest BCUT2D eigenvalue weighted by Gasteiger charge is 2.17. The predicted octanol–water partition coefficient (Wildman–Crippen LogP) is 1.04. The van der Waals surface area contributed by atoms with E-state index in [1.807, 2.05) is 0 Å². The van der Waals surface area contributed by atoms with Crippen LogP contribution in [0.25, 0.3) is 11.2 Å². The number of nitrogens with one attached hydrogen (secondary N) is 1. The van der Waals surface area contributed by atoms with Gasteiger partial charge in [0.05, 0.1) is 6.10 Å². The molecule has 0 radical (unpaired) electrons. The summed E-state index contributed by atoms with van der Waals surface area (Å²) in [5.74, 6) is 0.429. The molecule has 0 spiro atoms.